The van der Waals surface area contributed by atoms with E-state index in [1.165, 1.54) is 6.33 Å². The Hall–Kier alpha value is -3.21. The van der Waals surface area contributed by atoms with Crippen molar-refractivity contribution in [2.24, 2.45) is 0 Å². The summed E-state index contributed by atoms with van der Waals surface area (Å²) in [4.78, 5) is 37.4. The van der Waals surface area contributed by atoms with Crippen LogP contribution in [-0.4, -0.2) is 65.7 Å². The van der Waals surface area contributed by atoms with E-state index in [9.17, 15) is 4.79 Å². The fourth-order valence-corrected chi connectivity index (χ4v) is 2.94. The topological polar surface area (TPSA) is 131 Å². The van der Waals surface area contributed by atoms with Crippen molar-refractivity contribution in [2.45, 2.75) is 39.0 Å². The normalized spacial score (nSPS) is 14.5. The van der Waals surface area contributed by atoms with Crippen LogP contribution in [0.1, 0.15) is 26.5 Å². The molecule has 3 aromatic rings. The van der Waals surface area contributed by atoms with Crippen LogP contribution in [0, 0.1) is 0 Å². The molecule has 0 aromatic carbocycles. The van der Waals surface area contributed by atoms with Gasteiger partial charge in [0, 0.05) is 6.20 Å². The Morgan fingerprint density at radius 1 is 1.33 bits per heavy atom. The van der Waals surface area contributed by atoms with E-state index in [0.717, 1.165) is 5.69 Å². The standard InChI is InChI=1S/C18H21ClN8O3/c1-18(2,3)30-17(28)27-7-11(8-27)29-16-23-12-13(24-15(19)25-14(12)26-16)21-6-10-4-5-20-9-22-10/h4-5,9,11H,6-8H2,1-3H3,(H2,21,23,24,25,26). The Morgan fingerprint density at radius 3 is 2.83 bits per heavy atom. The number of fused-ring (bicyclic) bond motifs is 1. The van der Waals surface area contributed by atoms with Gasteiger partial charge in [-0.1, -0.05) is 0 Å². The van der Waals surface area contributed by atoms with Crippen molar-refractivity contribution >= 4 is 34.7 Å². The molecule has 3 aromatic heterocycles. The summed E-state index contributed by atoms with van der Waals surface area (Å²) in [5.74, 6) is 0.457. The summed E-state index contributed by atoms with van der Waals surface area (Å²) in [5, 5.41) is 3.22. The van der Waals surface area contributed by atoms with Crippen molar-refractivity contribution < 1.29 is 14.3 Å². The fraction of sp³-hybridized carbons (Fsp3) is 0.444. The Balaban J connectivity index is 1.41. The van der Waals surface area contributed by atoms with Gasteiger partial charge in [-0.25, -0.2) is 14.8 Å². The molecule has 0 radical (unpaired) electrons. The van der Waals surface area contributed by atoms with E-state index >= 15 is 0 Å². The van der Waals surface area contributed by atoms with Crippen molar-refractivity contribution in [1.82, 2.24) is 34.8 Å². The van der Waals surface area contributed by atoms with Crippen LogP contribution in [0.5, 0.6) is 6.01 Å². The molecule has 30 heavy (non-hydrogen) atoms. The third-order valence-corrected chi connectivity index (χ3v) is 4.32. The van der Waals surface area contributed by atoms with E-state index < -0.39 is 5.60 Å². The van der Waals surface area contributed by atoms with Gasteiger partial charge < -0.3 is 19.7 Å². The summed E-state index contributed by atoms with van der Waals surface area (Å²) < 4.78 is 11.2. The highest BCUT2D eigenvalue weighted by atomic mass is 35.5. The van der Waals surface area contributed by atoms with Crippen LogP contribution in [-0.2, 0) is 11.3 Å². The number of amides is 1. The van der Waals surface area contributed by atoms with Gasteiger partial charge in [-0.05, 0) is 38.4 Å². The van der Waals surface area contributed by atoms with Gasteiger partial charge in [0.25, 0.3) is 6.01 Å². The number of likely N-dealkylation sites (tertiary alicyclic amines) is 1. The Kier molecular flexibility index (Phi) is 5.29. The van der Waals surface area contributed by atoms with Gasteiger partial charge in [-0.3, -0.25) is 4.98 Å². The van der Waals surface area contributed by atoms with Crippen LogP contribution in [0.2, 0.25) is 5.28 Å². The van der Waals surface area contributed by atoms with Gasteiger partial charge >= 0.3 is 6.09 Å². The summed E-state index contributed by atoms with van der Waals surface area (Å²) in [6.45, 7) is 6.73. The zero-order chi connectivity index (χ0) is 21.3. The maximum atomic E-state index is 12.0. The minimum absolute atomic E-state index is 0.0719. The Labute approximate surface area is 177 Å². The maximum absolute atomic E-state index is 12.0. The molecule has 4 heterocycles. The van der Waals surface area contributed by atoms with Gasteiger partial charge in [0.1, 0.15) is 18.0 Å². The molecule has 0 spiro atoms. The number of rotatable bonds is 5. The molecule has 2 N–H and O–H groups in total. The molecule has 1 aliphatic rings. The van der Waals surface area contributed by atoms with Gasteiger partial charge in [0.2, 0.25) is 5.28 Å². The number of hydrogen-bond donors (Lipinski definition) is 2. The lowest BCUT2D eigenvalue weighted by atomic mass is 10.2. The average Bonchev–Trinajstić information content (AvgIpc) is 3.04. The number of aromatic nitrogens is 6. The Bertz CT molecular complexity index is 1050. The zero-order valence-corrected chi connectivity index (χ0v) is 17.5. The predicted octanol–water partition coefficient (Wildman–Crippen LogP) is 2.41. The summed E-state index contributed by atoms with van der Waals surface area (Å²) in [7, 11) is 0. The smallest absolute Gasteiger partial charge is 0.410 e. The molecular weight excluding hydrogens is 412 g/mol. The van der Waals surface area contributed by atoms with Gasteiger partial charge in [0.15, 0.2) is 17.0 Å². The summed E-state index contributed by atoms with van der Waals surface area (Å²) in [6, 6.07) is 2.07. The third kappa shape index (κ3) is 4.67. The van der Waals surface area contributed by atoms with E-state index in [2.05, 4.69) is 35.2 Å². The second kappa shape index (κ2) is 7.90. The van der Waals surface area contributed by atoms with E-state index in [0.29, 0.717) is 36.6 Å². The number of nitrogens with one attached hydrogen (secondary N) is 2. The summed E-state index contributed by atoms with van der Waals surface area (Å²) in [5.41, 5.74) is 1.19. The minimum atomic E-state index is -0.533. The lowest BCUT2D eigenvalue weighted by Crippen LogP contribution is -2.57. The second-order valence-electron chi connectivity index (χ2n) is 7.76. The first-order valence-electron chi connectivity index (χ1n) is 9.33. The maximum Gasteiger partial charge on any atom is 0.410 e. The predicted molar refractivity (Wildman–Crippen MR) is 108 cm³/mol. The molecule has 12 heteroatoms. The average molecular weight is 433 g/mol. The minimum Gasteiger partial charge on any atom is -0.458 e. The molecule has 0 aliphatic carbocycles. The molecule has 1 amide bonds. The van der Waals surface area contributed by atoms with Crippen molar-refractivity contribution in [3.05, 3.63) is 29.6 Å². The molecular formula is C18H21ClN8O3. The van der Waals surface area contributed by atoms with Crippen LogP contribution in [0.4, 0.5) is 10.6 Å². The quantitative estimate of drug-likeness (QED) is 0.583. The van der Waals surface area contributed by atoms with Crippen molar-refractivity contribution in [1.29, 1.82) is 0 Å². The number of carbonyl (C=O) groups excluding carboxylic acids is 1. The van der Waals surface area contributed by atoms with Crippen LogP contribution < -0.4 is 10.1 Å². The lowest BCUT2D eigenvalue weighted by Gasteiger charge is -2.38. The van der Waals surface area contributed by atoms with Gasteiger partial charge in [-0.2, -0.15) is 15.0 Å². The molecule has 4 rings (SSSR count). The molecule has 0 unspecified atom stereocenters. The van der Waals surface area contributed by atoms with Gasteiger partial charge in [-0.15, -0.1) is 0 Å². The SMILES string of the molecule is CC(C)(C)OC(=O)N1CC(Oc2nc3c(NCc4ccncn4)nc(Cl)nc3[nH]2)C1. The number of ether oxygens (including phenoxy) is 2. The Morgan fingerprint density at radius 2 is 2.13 bits per heavy atom. The zero-order valence-electron chi connectivity index (χ0n) is 16.7. The summed E-state index contributed by atoms with van der Waals surface area (Å²) in [6.07, 6.45) is 2.57. The molecule has 158 valence electrons. The molecule has 1 fully saturated rings. The monoisotopic (exact) mass is 432 g/mol. The first-order chi connectivity index (χ1) is 14.3. The number of nitrogens with zero attached hydrogens (tertiary/aromatic N) is 6. The highest BCUT2D eigenvalue weighted by molar-refractivity contribution is 6.28. The molecule has 0 bridgehead atoms. The molecule has 11 nitrogen and oxygen atoms in total. The molecule has 1 aliphatic heterocycles. The van der Waals surface area contributed by atoms with Crippen molar-refractivity contribution in [3.8, 4) is 6.01 Å². The highest BCUT2D eigenvalue weighted by Gasteiger charge is 2.35. The van der Waals surface area contributed by atoms with Gasteiger partial charge in [0.05, 0.1) is 25.3 Å². The van der Waals surface area contributed by atoms with Crippen LogP contribution in [0.25, 0.3) is 11.2 Å². The molecule has 0 saturated carbocycles. The largest absolute Gasteiger partial charge is 0.458 e. The number of aromatic amines is 1. The van der Waals surface area contributed by atoms with Crippen LogP contribution in [0.3, 0.4) is 0 Å². The third-order valence-electron chi connectivity index (χ3n) is 4.15. The number of carbonyl (C=O) groups is 1. The molecule has 0 atom stereocenters. The van der Waals surface area contributed by atoms with E-state index in [4.69, 9.17) is 21.1 Å². The number of H-pyrrole nitrogens is 1. The second-order valence-corrected chi connectivity index (χ2v) is 8.10. The van der Waals surface area contributed by atoms with E-state index in [-0.39, 0.29) is 23.5 Å². The summed E-state index contributed by atoms with van der Waals surface area (Å²) >= 11 is 6.03. The number of halogens is 1. The first-order valence-corrected chi connectivity index (χ1v) is 9.71. The number of hydrogen-bond acceptors (Lipinski definition) is 9. The van der Waals surface area contributed by atoms with Crippen molar-refractivity contribution in [2.75, 3.05) is 18.4 Å². The lowest BCUT2D eigenvalue weighted by molar-refractivity contribution is -0.0241. The highest BCUT2D eigenvalue weighted by Crippen LogP contribution is 2.25. The van der Waals surface area contributed by atoms with Crippen LogP contribution in [0.15, 0.2) is 18.6 Å². The van der Waals surface area contributed by atoms with Crippen LogP contribution >= 0.6 is 11.6 Å². The van der Waals surface area contributed by atoms with Crippen molar-refractivity contribution in [3.63, 3.8) is 0 Å². The fourth-order valence-electron chi connectivity index (χ4n) is 2.77. The number of imidazole rings is 1. The van der Waals surface area contributed by atoms with E-state index in [1.54, 1.807) is 17.2 Å². The first kappa shape index (κ1) is 20.1. The van der Waals surface area contributed by atoms with E-state index in [1.807, 2.05) is 20.8 Å². The molecule has 1 saturated heterocycles. The number of anilines is 1.